The molecule has 3 rings (SSSR count). The van der Waals surface area contributed by atoms with Crippen LogP contribution in [0.2, 0.25) is 0 Å². The van der Waals surface area contributed by atoms with Crippen LogP contribution in [0.25, 0.3) is 10.9 Å². The number of hydrogen-bond acceptors (Lipinski definition) is 5. The third kappa shape index (κ3) is 3.77. The van der Waals surface area contributed by atoms with Crippen LogP contribution in [-0.4, -0.2) is 31.2 Å². The van der Waals surface area contributed by atoms with E-state index in [1.165, 1.54) is 0 Å². The zero-order valence-corrected chi connectivity index (χ0v) is 17.2. The Balaban J connectivity index is 2.02. The molecule has 0 aliphatic carbocycles. The summed E-state index contributed by atoms with van der Waals surface area (Å²) in [6.07, 6.45) is 1.39. The van der Waals surface area contributed by atoms with Crippen LogP contribution in [0.15, 0.2) is 42.5 Å². The van der Waals surface area contributed by atoms with Gasteiger partial charge in [-0.2, -0.15) is 5.26 Å². The van der Waals surface area contributed by atoms with Gasteiger partial charge in [0.2, 0.25) is 5.88 Å². The smallest absolute Gasteiger partial charge is 0.216 e. The van der Waals surface area contributed by atoms with Gasteiger partial charge in [-0.3, -0.25) is 0 Å². The van der Waals surface area contributed by atoms with E-state index in [0.29, 0.717) is 12.3 Å². The molecule has 0 spiro atoms. The van der Waals surface area contributed by atoms with Crippen LogP contribution in [0, 0.1) is 11.3 Å². The van der Waals surface area contributed by atoms with Crippen LogP contribution in [-0.2, 0) is 18.3 Å². The Bertz CT molecular complexity index is 1040. The number of nitrogens with zero attached hydrogens (tertiary/aromatic N) is 4. The van der Waals surface area contributed by atoms with Crippen molar-refractivity contribution < 1.29 is 4.74 Å². The minimum atomic E-state index is -0.704. The lowest BCUT2D eigenvalue weighted by Gasteiger charge is -2.23. The van der Waals surface area contributed by atoms with Crippen LogP contribution >= 0.6 is 0 Å². The van der Waals surface area contributed by atoms with Gasteiger partial charge in [0.25, 0.3) is 0 Å². The number of fused-ring (bicyclic) bond motifs is 1. The lowest BCUT2D eigenvalue weighted by Crippen LogP contribution is -2.24. The molecule has 0 amide bonds. The SMILES string of the molecule is CCc1cc2ccc(C(C)(C#N)Cc3cccc(N(C)C)n3)cc2nc1OC. The number of rotatable bonds is 6. The fraction of sp³-hybridized carbons (Fsp3) is 0.348. The summed E-state index contributed by atoms with van der Waals surface area (Å²) in [5, 5.41) is 11.1. The number of aromatic nitrogens is 2. The van der Waals surface area contributed by atoms with Gasteiger partial charge in [-0.1, -0.05) is 25.1 Å². The predicted molar refractivity (Wildman–Crippen MR) is 113 cm³/mol. The van der Waals surface area contributed by atoms with Crippen molar-refractivity contribution >= 4 is 16.7 Å². The summed E-state index contributed by atoms with van der Waals surface area (Å²) in [6, 6.07) is 16.6. The van der Waals surface area contributed by atoms with Crippen molar-refractivity contribution in [2.75, 3.05) is 26.1 Å². The molecule has 5 nitrogen and oxygen atoms in total. The zero-order chi connectivity index (χ0) is 20.3. The summed E-state index contributed by atoms with van der Waals surface area (Å²) in [6.45, 7) is 4.04. The van der Waals surface area contributed by atoms with E-state index in [4.69, 9.17) is 4.74 Å². The van der Waals surface area contributed by atoms with Crippen molar-refractivity contribution in [2.24, 2.45) is 0 Å². The van der Waals surface area contributed by atoms with Gasteiger partial charge in [-0.25, -0.2) is 9.97 Å². The van der Waals surface area contributed by atoms with E-state index >= 15 is 0 Å². The molecule has 2 aromatic heterocycles. The minimum absolute atomic E-state index is 0.529. The van der Waals surface area contributed by atoms with Crippen molar-refractivity contribution in [2.45, 2.75) is 32.1 Å². The Labute approximate surface area is 166 Å². The Hall–Kier alpha value is -3.13. The summed E-state index contributed by atoms with van der Waals surface area (Å²) in [4.78, 5) is 11.3. The topological polar surface area (TPSA) is 62.0 Å². The quantitative estimate of drug-likeness (QED) is 0.644. The molecule has 2 heterocycles. The van der Waals surface area contributed by atoms with E-state index in [-0.39, 0.29) is 0 Å². The highest BCUT2D eigenvalue weighted by Gasteiger charge is 2.28. The van der Waals surface area contributed by atoms with E-state index in [1.807, 2.05) is 62.3 Å². The normalized spacial score (nSPS) is 13.0. The first-order chi connectivity index (χ1) is 13.4. The molecule has 0 saturated carbocycles. The van der Waals surface area contributed by atoms with Gasteiger partial charge in [-0.15, -0.1) is 0 Å². The minimum Gasteiger partial charge on any atom is -0.481 e. The second kappa shape index (κ2) is 7.85. The summed E-state index contributed by atoms with van der Waals surface area (Å²) in [5.74, 6) is 1.53. The molecule has 1 atom stereocenters. The van der Waals surface area contributed by atoms with E-state index in [1.54, 1.807) is 7.11 Å². The first kappa shape index (κ1) is 19.6. The number of benzene rings is 1. The first-order valence-electron chi connectivity index (χ1n) is 9.43. The molecule has 0 N–H and O–H groups in total. The third-order valence-electron chi connectivity index (χ3n) is 5.10. The number of pyridine rings is 2. The van der Waals surface area contributed by atoms with Gasteiger partial charge >= 0.3 is 0 Å². The molecule has 0 aliphatic heterocycles. The summed E-state index contributed by atoms with van der Waals surface area (Å²) in [7, 11) is 5.56. The second-order valence-electron chi connectivity index (χ2n) is 7.42. The summed E-state index contributed by atoms with van der Waals surface area (Å²) >= 11 is 0. The molecule has 1 aromatic carbocycles. The van der Waals surface area contributed by atoms with Crippen LogP contribution in [0.1, 0.15) is 30.7 Å². The van der Waals surface area contributed by atoms with Crippen LogP contribution in [0.5, 0.6) is 5.88 Å². The predicted octanol–water partition coefficient (Wildman–Crippen LogP) is 4.29. The Morgan fingerprint density at radius 1 is 1.14 bits per heavy atom. The summed E-state index contributed by atoms with van der Waals surface area (Å²) in [5.41, 5.74) is 3.03. The Kier molecular flexibility index (Phi) is 5.51. The van der Waals surface area contributed by atoms with Gasteiger partial charge in [0.1, 0.15) is 5.82 Å². The van der Waals surface area contributed by atoms with E-state index < -0.39 is 5.41 Å². The molecule has 5 heteroatoms. The Morgan fingerprint density at radius 3 is 2.57 bits per heavy atom. The first-order valence-corrected chi connectivity index (χ1v) is 9.43. The van der Waals surface area contributed by atoms with Gasteiger partial charge in [-0.05, 0) is 43.2 Å². The van der Waals surface area contributed by atoms with Gasteiger partial charge < -0.3 is 9.64 Å². The average Bonchev–Trinajstić information content (AvgIpc) is 2.72. The molecule has 1 unspecified atom stereocenters. The third-order valence-corrected chi connectivity index (χ3v) is 5.10. The van der Waals surface area contributed by atoms with Gasteiger partial charge in [0.05, 0.1) is 24.1 Å². The summed E-state index contributed by atoms with van der Waals surface area (Å²) < 4.78 is 5.44. The molecule has 3 aromatic rings. The second-order valence-corrected chi connectivity index (χ2v) is 7.42. The molecule has 0 saturated heterocycles. The Morgan fingerprint density at radius 2 is 1.93 bits per heavy atom. The van der Waals surface area contributed by atoms with Gasteiger partial charge in [0.15, 0.2) is 0 Å². The highest BCUT2D eigenvalue weighted by atomic mass is 16.5. The van der Waals surface area contributed by atoms with Crippen molar-refractivity contribution in [1.29, 1.82) is 5.26 Å². The highest BCUT2D eigenvalue weighted by molar-refractivity contribution is 5.81. The molecule has 28 heavy (non-hydrogen) atoms. The lowest BCUT2D eigenvalue weighted by molar-refractivity contribution is 0.395. The maximum absolute atomic E-state index is 10.0. The molecule has 0 fully saturated rings. The largest absolute Gasteiger partial charge is 0.481 e. The lowest BCUT2D eigenvalue weighted by atomic mass is 9.79. The van der Waals surface area contributed by atoms with Crippen molar-refractivity contribution in [3.05, 3.63) is 59.3 Å². The molecule has 0 radical (unpaired) electrons. The van der Waals surface area contributed by atoms with Crippen molar-refractivity contribution in [3.63, 3.8) is 0 Å². The average molecular weight is 374 g/mol. The molecular formula is C23H26N4O. The van der Waals surface area contributed by atoms with E-state index in [2.05, 4.69) is 29.0 Å². The molecule has 144 valence electrons. The van der Waals surface area contributed by atoms with E-state index in [0.717, 1.165) is 40.0 Å². The number of hydrogen-bond donors (Lipinski definition) is 0. The fourth-order valence-corrected chi connectivity index (χ4v) is 3.35. The number of anilines is 1. The molecule has 0 bridgehead atoms. The van der Waals surface area contributed by atoms with Crippen LogP contribution in [0.4, 0.5) is 5.82 Å². The molecular weight excluding hydrogens is 348 g/mol. The van der Waals surface area contributed by atoms with Crippen molar-refractivity contribution in [1.82, 2.24) is 9.97 Å². The van der Waals surface area contributed by atoms with Crippen molar-refractivity contribution in [3.8, 4) is 11.9 Å². The molecule has 0 aliphatic rings. The van der Waals surface area contributed by atoms with Crippen LogP contribution in [0.3, 0.4) is 0 Å². The zero-order valence-electron chi connectivity index (χ0n) is 17.2. The van der Waals surface area contributed by atoms with E-state index in [9.17, 15) is 5.26 Å². The fourth-order valence-electron chi connectivity index (χ4n) is 3.35. The highest BCUT2D eigenvalue weighted by Crippen LogP contribution is 2.31. The van der Waals surface area contributed by atoms with Gasteiger partial charge in [0, 0.05) is 37.2 Å². The maximum atomic E-state index is 10.0. The number of ether oxygens (including phenoxy) is 1. The monoisotopic (exact) mass is 374 g/mol. The number of nitriles is 1. The maximum Gasteiger partial charge on any atom is 0.216 e. The number of methoxy groups -OCH3 is 1. The van der Waals surface area contributed by atoms with Crippen LogP contribution < -0.4 is 9.64 Å². The standard InChI is InChI=1S/C23H26N4O/c1-6-16-12-17-10-11-18(13-20(17)26-22(16)28-5)23(2,15-24)14-19-8-7-9-21(25-19)27(3)4/h7-13H,6,14H2,1-5H3. The number of aryl methyl sites for hydroxylation is 1.